The third kappa shape index (κ3) is 1.54. The first-order chi connectivity index (χ1) is 6.89. The molecule has 2 aromatic heterocycles. The minimum Gasteiger partial charge on any atom is -0.382 e. The van der Waals surface area contributed by atoms with E-state index in [0.717, 1.165) is 5.56 Å². The highest BCUT2D eigenvalue weighted by Crippen LogP contribution is 2.30. The molecule has 0 aromatic carbocycles. The van der Waals surface area contributed by atoms with Gasteiger partial charge in [-0.1, -0.05) is 20.8 Å². The number of rotatable bonds is 0. The van der Waals surface area contributed by atoms with E-state index in [1.807, 2.05) is 20.8 Å². The van der Waals surface area contributed by atoms with Crippen LogP contribution < -0.4 is 5.73 Å². The van der Waals surface area contributed by atoms with E-state index in [9.17, 15) is 4.39 Å². The van der Waals surface area contributed by atoms with E-state index in [-0.39, 0.29) is 5.41 Å². The van der Waals surface area contributed by atoms with E-state index in [0.29, 0.717) is 11.5 Å². The first-order valence-electron chi connectivity index (χ1n) is 4.69. The summed E-state index contributed by atoms with van der Waals surface area (Å²) in [7, 11) is 0. The lowest BCUT2D eigenvalue weighted by atomic mass is 9.88. The normalized spacial score (nSPS) is 12.3. The molecule has 0 fully saturated rings. The van der Waals surface area contributed by atoms with Gasteiger partial charge in [0.2, 0.25) is 0 Å². The minimum atomic E-state index is -0.426. The number of nitrogens with two attached hydrogens (primary N) is 1. The van der Waals surface area contributed by atoms with Crippen molar-refractivity contribution in [3.8, 4) is 0 Å². The van der Waals surface area contributed by atoms with E-state index in [4.69, 9.17) is 5.73 Å². The minimum absolute atomic E-state index is 0.156. The average Bonchev–Trinajstić information content (AvgIpc) is 2.38. The molecule has 4 nitrogen and oxygen atoms in total. The molecule has 0 saturated heterocycles. The van der Waals surface area contributed by atoms with Gasteiger partial charge in [0.15, 0.2) is 17.3 Å². The Kier molecular flexibility index (Phi) is 1.92. The van der Waals surface area contributed by atoms with Crippen LogP contribution in [0, 0.1) is 5.82 Å². The van der Waals surface area contributed by atoms with Crippen molar-refractivity contribution < 1.29 is 4.39 Å². The lowest BCUT2D eigenvalue weighted by Crippen LogP contribution is -2.13. The predicted octanol–water partition coefficient (Wildman–Crippen LogP) is 1.75. The summed E-state index contributed by atoms with van der Waals surface area (Å²) in [5.74, 6) is -0.0222. The average molecular weight is 208 g/mol. The maximum absolute atomic E-state index is 12.9. The summed E-state index contributed by atoms with van der Waals surface area (Å²) < 4.78 is 14.3. The molecule has 0 atom stereocenters. The van der Waals surface area contributed by atoms with Crippen molar-refractivity contribution in [3.63, 3.8) is 0 Å². The van der Waals surface area contributed by atoms with Crippen LogP contribution in [-0.2, 0) is 5.41 Å². The number of hydrogen-bond donors (Lipinski definition) is 1. The molecule has 0 aliphatic carbocycles. The van der Waals surface area contributed by atoms with Crippen molar-refractivity contribution in [2.45, 2.75) is 26.2 Å². The Balaban J connectivity index is 2.80. The monoisotopic (exact) mass is 208 g/mol. The van der Waals surface area contributed by atoms with Crippen LogP contribution in [0.25, 0.3) is 5.65 Å². The van der Waals surface area contributed by atoms with Crippen molar-refractivity contribution in [1.82, 2.24) is 14.6 Å². The number of aromatic nitrogens is 3. The molecule has 2 N–H and O–H groups in total. The number of anilines is 1. The summed E-state index contributed by atoms with van der Waals surface area (Å²) in [5.41, 5.74) is 7.10. The second kappa shape index (κ2) is 2.92. The Morgan fingerprint density at radius 2 is 2.07 bits per heavy atom. The lowest BCUT2D eigenvalue weighted by molar-refractivity contribution is 0.592. The fraction of sp³-hybridized carbons (Fsp3) is 0.400. The van der Waals surface area contributed by atoms with Crippen molar-refractivity contribution in [2.75, 3.05) is 5.73 Å². The maximum Gasteiger partial charge on any atom is 0.161 e. The molecule has 0 radical (unpaired) electrons. The predicted molar refractivity (Wildman–Crippen MR) is 56.1 cm³/mol. The van der Waals surface area contributed by atoms with Crippen LogP contribution in [0.1, 0.15) is 26.3 Å². The molecule has 15 heavy (non-hydrogen) atoms. The van der Waals surface area contributed by atoms with Gasteiger partial charge in [0.25, 0.3) is 0 Å². The molecule has 0 amide bonds. The number of nitrogens with zero attached hydrogens (tertiary/aromatic N) is 3. The third-order valence-electron chi connectivity index (χ3n) is 2.22. The van der Waals surface area contributed by atoms with Crippen LogP contribution in [0.2, 0.25) is 0 Å². The molecule has 2 aromatic rings. The zero-order valence-corrected chi connectivity index (χ0v) is 8.95. The Hall–Kier alpha value is -1.65. The third-order valence-corrected chi connectivity index (χ3v) is 2.22. The fourth-order valence-electron chi connectivity index (χ4n) is 1.65. The Morgan fingerprint density at radius 1 is 1.40 bits per heavy atom. The van der Waals surface area contributed by atoms with Gasteiger partial charge in [-0.15, -0.1) is 5.10 Å². The van der Waals surface area contributed by atoms with Gasteiger partial charge in [-0.25, -0.2) is 13.9 Å². The Morgan fingerprint density at radius 3 is 2.67 bits per heavy atom. The molecule has 0 bridgehead atoms. The van der Waals surface area contributed by atoms with Gasteiger partial charge in [0, 0.05) is 5.56 Å². The van der Waals surface area contributed by atoms with Gasteiger partial charge in [0.1, 0.15) is 0 Å². The molecule has 0 unspecified atom stereocenters. The number of fused-ring (bicyclic) bond motifs is 1. The van der Waals surface area contributed by atoms with Crippen LogP contribution in [0.4, 0.5) is 10.2 Å². The second-order valence-corrected chi connectivity index (χ2v) is 4.55. The van der Waals surface area contributed by atoms with Crippen molar-refractivity contribution in [3.05, 3.63) is 23.8 Å². The molecule has 0 aliphatic rings. The highest BCUT2D eigenvalue weighted by atomic mass is 19.1. The van der Waals surface area contributed by atoms with Gasteiger partial charge < -0.3 is 5.73 Å². The van der Waals surface area contributed by atoms with E-state index in [1.165, 1.54) is 16.9 Å². The second-order valence-electron chi connectivity index (χ2n) is 4.55. The zero-order chi connectivity index (χ0) is 11.2. The van der Waals surface area contributed by atoms with Crippen LogP contribution in [0.3, 0.4) is 0 Å². The summed E-state index contributed by atoms with van der Waals surface area (Å²) in [6.45, 7) is 6.06. The maximum atomic E-state index is 12.9. The molecule has 0 spiro atoms. The Labute approximate surface area is 86.9 Å². The van der Waals surface area contributed by atoms with E-state index < -0.39 is 5.82 Å². The molecular weight excluding hydrogens is 195 g/mol. The number of hydrogen-bond acceptors (Lipinski definition) is 3. The molecular formula is C10H13FN4. The fourth-order valence-corrected chi connectivity index (χ4v) is 1.65. The van der Waals surface area contributed by atoms with E-state index in [1.54, 1.807) is 0 Å². The van der Waals surface area contributed by atoms with Crippen molar-refractivity contribution in [1.29, 1.82) is 0 Å². The molecule has 5 heteroatoms. The SMILES string of the molecule is CC(C)(C)c1c(N)nn2cc(F)cnc12. The van der Waals surface area contributed by atoms with Crippen LogP contribution in [-0.4, -0.2) is 14.6 Å². The summed E-state index contributed by atoms with van der Waals surface area (Å²) in [4.78, 5) is 4.01. The Bertz CT molecular complexity index is 510. The van der Waals surface area contributed by atoms with E-state index >= 15 is 0 Å². The lowest BCUT2D eigenvalue weighted by Gasteiger charge is -2.16. The number of nitrogen functional groups attached to an aromatic ring is 1. The van der Waals surface area contributed by atoms with Crippen molar-refractivity contribution in [2.24, 2.45) is 0 Å². The molecule has 0 saturated carbocycles. The van der Waals surface area contributed by atoms with Gasteiger partial charge in [0.05, 0.1) is 12.4 Å². The molecule has 0 aliphatic heterocycles. The summed E-state index contributed by atoms with van der Waals surface area (Å²) in [6.07, 6.45) is 2.44. The standard InChI is InChI=1S/C10H13FN4/c1-10(2,3)7-8(12)14-15-5-6(11)4-13-9(7)15/h4-5H,1-3H3,(H2,12,14). The quantitative estimate of drug-likeness (QED) is 0.717. The van der Waals surface area contributed by atoms with Crippen LogP contribution >= 0.6 is 0 Å². The highest BCUT2D eigenvalue weighted by molar-refractivity contribution is 5.62. The molecule has 2 heterocycles. The smallest absolute Gasteiger partial charge is 0.161 e. The topological polar surface area (TPSA) is 56.2 Å². The molecule has 2 rings (SSSR count). The van der Waals surface area contributed by atoms with Gasteiger partial charge in [-0.3, -0.25) is 0 Å². The first kappa shape index (κ1) is 9.89. The van der Waals surface area contributed by atoms with E-state index in [2.05, 4.69) is 10.1 Å². The summed E-state index contributed by atoms with van der Waals surface area (Å²) >= 11 is 0. The first-order valence-corrected chi connectivity index (χ1v) is 4.69. The largest absolute Gasteiger partial charge is 0.382 e. The van der Waals surface area contributed by atoms with Gasteiger partial charge in [-0.2, -0.15) is 0 Å². The van der Waals surface area contributed by atoms with Gasteiger partial charge >= 0.3 is 0 Å². The van der Waals surface area contributed by atoms with Crippen LogP contribution in [0.5, 0.6) is 0 Å². The molecule has 80 valence electrons. The zero-order valence-electron chi connectivity index (χ0n) is 8.95. The summed E-state index contributed by atoms with van der Waals surface area (Å²) in [6, 6.07) is 0. The summed E-state index contributed by atoms with van der Waals surface area (Å²) in [5, 5.41) is 4.03. The van der Waals surface area contributed by atoms with Crippen LogP contribution in [0.15, 0.2) is 12.4 Å². The van der Waals surface area contributed by atoms with Gasteiger partial charge in [-0.05, 0) is 5.41 Å². The van der Waals surface area contributed by atoms with Crippen molar-refractivity contribution >= 4 is 11.5 Å². The number of halogens is 1. The highest BCUT2D eigenvalue weighted by Gasteiger charge is 2.24.